The number of anilines is 1. The monoisotopic (exact) mass is 443 g/mol. The lowest BCUT2D eigenvalue weighted by Crippen LogP contribution is -2.29. The van der Waals surface area contributed by atoms with Gasteiger partial charge in [-0.05, 0) is 41.6 Å². The van der Waals surface area contributed by atoms with Crippen LogP contribution in [0.5, 0.6) is 0 Å². The number of aromatic nitrogens is 4. The molecule has 6 nitrogen and oxygen atoms in total. The number of rotatable bonds is 5. The third-order valence-corrected chi connectivity index (χ3v) is 5.97. The Morgan fingerprint density at radius 3 is 2.62 bits per heavy atom. The molecule has 5 aromatic rings. The van der Waals surface area contributed by atoms with Gasteiger partial charge in [0.2, 0.25) is 0 Å². The Morgan fingerprint density at radius 1 is 1.03 bits per heavy atom. The second-order valence-corrected chi connectivity index (χ2v) is 8.48. The molecule has 0 radical (unpaired) electrons. The fourth-order valence-corrected chi connectivity index (χ4v) is 4.38. The first-order valence-corrected chi connectivity index (χ1v) is 10.9. The average molecular weight is 444 g/mol. The van der Waals surface area contributed by atoms with Crippen LogP contribution in [0.25, 0.3) is 27.5 Å². The molecule has 3 aromatic heterocycles. The number of imidazole rings is 1. The number of fused-ring (bicyclic) bond motifs is 2. The van der Waals surface area contributed by atoms with Crippen LogP contribution in [0, 0.1) is 5.92 Å². The third kappa shape index (κ3) is 3.42. The van der Waals surface area contributed by atoms with Crippen LogP contribution in [0.2, 0.25) is 5.02 Å². The lowest BCUT2D eigenvalue weighted by atomic mass is 9.97. The van der Waals surface area contributed by atoms with Gasteiger partial charge in [0.15, 0.2) is 5.82 Å². The van der Waals surface area contributed by atoms with E-state index in [0.717, 1.165) is 27.8 Å². The summed E-state index contributed by atoms with van der Waals surface area (Å²) in [5, 5.41) is 5.32. The van der Waals surface area contributed by atoms with E-state index in [-0.39, 0.29) is 17.5 Å². The van der Waals surface area contributed by atoms with Crippen molar-refractivity contribution >= 4 is 39.2 Å². The van der Waals surface area contributed by atoms with E-state index in [0.29, 0.717) is 16.2 Å². The number of H-pyrrole nitrogens is 1. The molecule has 0 aliphatic heterocycles. The Kier molecular flexibility index (Phi) is 5.15. The molecule has 0 spiro atoms. The quantitative estimate of drug-likeness (QED) is 0.364. The van der Waals surface area contributed by atoms with Gasteiger partial charge < -0.3 is 10.3 Å². The van der Waals surface area contributed by atoms with E-state index < -0.39 is 0 Å². The topological polar surface area (TPSA) is 75.6 Å². The van der Waals surface area contributed by atoms with Crippen molar-refractivity contribution in [2.75, 3.05) is 5.32 Å². The number of nitrogens with zero attached hydrogens (tertiary/aromatic N) is 3. The van der Waals surface area contributed by atoms with Gasteiger partial charge in [-0.1, -0.05) is 55.8 Å². The molecule has 2 aromatic carbocycles. The maximum atomic E-state index is 13.7. The molecule has 0 unspecified atom stereocenters. The highest BCUT2D eigenvalue weighted by Crippen LogP contribution is 2.32. The molecule has 3 heterocycles. The first-order chi connectivity index (χ1) is 15.5. The summed E-state index contributed by atoms with van der Waals surface area (Å²) in [7, 11) is 0. The minimum absolute atomic E-state index is 0.146. The van der Waals surface area contributed by atoms with Gasteiger partial charge in [0.05, 0.1) is 28.3 Å². The van der Waals surface area contributed by atoms with Crippen molar-refractivity contribution in [3.8, 4) is 5.69 Å². The molecular formula is C25H22ClN5O. The molecule has 0 bridgehead atoms. The van der Waals surface area contributed by atoms with Gasteiger partial charge in [-0.3, -0.25) is 9.36 Å². The molecule has 0 aliphatic carbocycles. The first-order valence-electron chi connectivity index (χ1n) is 10.5. The number of halogens is 1. The zero-order valence-corrected chi connectivity index (χ0v) is 18.5. The average Bonchev–Trinajstić information content (AvgIpc) is 3.27. The van der Waals surface area contributed by atoms with Crippen LogP contribution in [-0.4, -0.2) is 19.5 Å². The summed E-state index contributed by atoms with van der Waals surface area (Å²) in [6.07, 6.45) is 3.39. The SMILES string of the molecule is CC(C)[C@H](Nc1nccc2[nH]cnc12)c1cc2cccc(Cl)c2c(=O)n1-c1ccccc1. The molecule has 0 saturated heterocycles. The van der Waals surface area contributed by atoms with Crippen molar-refractivity contribution in [3.63, 3.8) is 0 Å². The standard InChI is InChI=1S/C25H22ClN5O/c1-15(2)22(30-24-23-19(11-12-27-24)28-14-29-23)20-13-16-7-6-10-18(26)21(16)25(32)31(20)17-8-4-3-5-9-17/h3-15,22H,1-2H3,(H,27,30)(H,28,29)/t22-/m0/s1. The number of benzene rings is 2. The molecule has 2 N–H and O–H groups in total. The largest absolute Gasteiger partial charge is 0.360 e. The number of aromatic amines is 1. The summed E-state index contributed by atoms with van der Waals surface area (Å²) in [6.45, 7) is 4.23. The Labute approximate surface area is 189 Å². The summed E-state index contributed by atoms with van der Waals surface area (Å²) >= 11 is 6.45. The van der Waals surface area contributed by atoms with Gasteiger partial charge in [0.25, 0.3) is 5.56 Å². The highest BCUT2D eigenvalue weighted by atomic mass is 35.5. The van der Waals surface area contributed by atoms with Gasteiger partial charge in [-0.25, -0.2) is 9.97 Å². The van der Waals surface area contributed by atoms with Gasteiger partial charge in [0.1, 0.15) is 5.52 Å². The number of para-hydroxylation sites is 1. The molecule has 32 heavy (non-hydrogen) atoms. The molecule has 160 valence electrons. The van der Waals surface area contributed by atoms with E-state index in [1.165, 1.54) is 0 Å². The number of nitrogens with one attached hydrogen (secondary N) is 2. The van der Waals surface area contributed by atoms with Crippen molar-refractivity contribution in [3.05, 3.63) is 94.3 Å². The second kappa shape index (κ2) is 8.13. The number of hydrogen-bond donors (Lipinski definition) is 2. The van der Waals surface area contributed by atoms with Crippen LogP contribution in [0.15, 0.2) is 78.0 Å². The van der Waals surface area contributed by atoms with Crippen molar-refractivity contribution in [1.82, 2.24) is 19.5 Å². The maximum Gasteiger partial charge on any atom is 0.264 e. The van der Waals surface area contributed by atoms with E-state index in [1.807, 2.05) is 54.6 Å². The van der Waals surface area contributed by atoms with Crippen LogP contribution >= 0.6 is 11.6 Å². The zero-order valence-electron chi connectivity index (χ0n) is 17.7. The third-order valence-electron chi connectivity index (χ3n) is 5.65. The van der Waals surface area contributed by atoms with Gasteiger partial charge >= 0.3 is 0 Å². The van der Waals surface area contributed by atoms with E-state index in [9.17, 15) is 4.79 Å². The summed E-state index contributed by atoms with van der Waals surface area (Å²) in [5.41, 5.74) is 3.13. The number of pyridine rings is 2. The van der Waals surface area contributed by atoms with Crippen LogP contribution in [0.4, 0.5) is 5.82 Å². The van der Waals surface area contributed by atoms with E-state index in [1.54, 1.807) is 23.2 Å². The smallest absolute Gasteiger partial charge is 0.264 e. The molecule has 7 heteroatoms. The first kappa shape index (κ1) is 20.3. The van der Waals surface area contributed by atoms with Crippen LogP contribution in [0.3, 0.4) is 0 Å². The minimum atomic E-state index is -0.207. The molecule has 5 rings (SSSR count). The van der Waals surface area contributed by atoms with Crippen molar-refractivity contribution in [2.24, 2.45) is 5.92 Å². The fraction of sp³-hybridized carbons (Fsp3) is 0.160. The molecular weight excluding hydrogens is 422 g/mol. The predicted molar refractivity (Wildman–Crippen MR) is 130 cm³/mol. The summed E-state index contributed by atoms with van der Waals surface area (Å²) in [6, 6.07) is 18.9. The van der Waals surface area contributed by atoms with Crippen molar-refractivity contribution < 1.29 is 0 Å². The highest BCUT2D eigenvalue weighted by Gasteiger charge is 2.24. The molecule has 1 atom stereocenters. The summed E-state index contributed by atoms with van der Waals surface area (Å²) in [4.78, 5) is 25.8. The van der Waals surface area contributed by atoms with Crippen LogP contribution in [0.1, 0.15) is 25.6 Å². The normalized spacial score (nSPS) is 12.5. The molecule has 0 fully saturated rings. The van der Waals surface area contributed by atoms with Gasteiger partial charge in [0, 0.05) is 17.6 Å². The lowest BCUT2D eigenvalue weighted by Gasteiger charge is -2.27. The van der Waals surface area contributed by atoms with E-state index in [4.69, 9.17) is 11.6 Å². The minimum Gasteiger partial charge on any atom is -0.360 e. The Hall–Kier alpha value is -3.64. The number of hydrogen-bond acceptors (Lipinski definition) is 4. The Bertz CT molecular complexity index is 1470. The highest BCUT2D eigenvalue weighted by molar-refractivity contribution is 6.35. The Balaban J connectivity index is 1.77. The van der Waals surface area contributed by atoms with E-state index in [2.05, 4.69) is 34.1 Å². The van der Waals surface area contributed by atoms with Gasteiger partial charge in [-0.15, -0.1) is 0 Å². The second-order valence-electron chi connectivity index (χ2n) is 8.07. The fourth-order valence-electron chi connectivity index (χ4n) is 4.11. The van der Waals surface area contributed by atoms with Crippen LogP contribution in [-0.2, 0) is 0 Å². The van der Waals surface area contributed by atoms with Gasteiger partial charge in [-0.2, -0.15) is 0 Å². The molecule has 0 amide bonds. The summed E-state index contributed by atoms with van der Waals surface area (Å²) < 4.78 is 1.75. The zero-order chi connectivity index (χ0) is 22.2. The molecule has 0 aliphatic rings. The van der Waals surface area contributed by atoms with Crippen molar-refractivity contribution in [2.45, 2.75) is 19.9 Å². The predicted octanol–water partition coefficient (Wildman–Crippen LogP) is 5.72. The van der Waals surface area contributed by atoms with Crippen LogP contribution < -0.4 is 10.9 Å². The van der Waals surface area contributed by atoms with E-state index >= 15 is 0 Å². The summed E-state index contributed by atoms with van der Waals surface area (Å²) in [5.74, 6) is 0.817. The molecule has 0 saturated carbocycles. The Morgan fingerprint density at radius 2 is 1.84 bits per heavy atom. The van der Waals surface area contributed by atoms with Crippen molar-refractivity contribution in [1.29, 1.82) is 0 Å². The lowest BCUT2D eigenvalue weighted by molar-refractivity contribution is 0.523. The maximum absolute atomic E-state index is 13.7.